The molecule has 0 radical (unpaired) electrons. The lowest BCUT2D eigenvalue weighted by Crippen LogP contribution is -2.32. The number of carbonyl (C=O) groups excluding carboxylic acids is 2. The van der Waals surface area contributed by atoms with Crippen molar-refractivity contribution in [1.29, 1.82) is 0 Å². The van der Waals surface area contributed by atoms with Crippen LogP contribution in [0.25, 0.3) is 5.76 Å². The number of Topliss-reactive ketones (excluding diaryl/α,β-unsaturated/α-hetero) is 1. The van der Waals surface area contributed by atoms with Gasteiger partial charge in [0.15, 0.2) is 0 Å². The van der Waals surface area contributed by atoms with Crippen molar-refractivity contribution in [2.24, 2.45) is 0 Å². The van der Waals surface area contributed by atoms with Crippen LogP contribution in [0.3, 0.4) is 0 Å². The minimum atomic E-state index is -0.796. The van der Waals surface area contributed by atoms with Gasteiger partial charge in [-0.3, -0.25) is 9.59 Å². The molecule has 3 aromatic rings. The summed E-state index contributed by atoms with van der Waals surface area (Å²) >= 11 is 0. The summed E-state index contributed by atoms with van der Waals surface area (Å²) < 4.78 is 16.9. The Kier molecular flexibility index (Phi) is 8.59. The van der Waals surface area contributed by atoms with E-state index in [1.54, 1.807) is 30.3 Å². The maximum atomic E-state index is 13.2. The van der Waals surface area contributed by atoms with Crippen molar-refractivity contribution in [2.45, 2.75) is 26.0 Å². The van der Waals surface area contributed by atoms with Crippen molar-refractivity contribution in [3.8, 4) is 11.5 Å². The second-order valence-corrected chi connectivity index (χ2v) is 8.71. The molecule has 0 aromatic heterocycles. The molecule has 7 nitrogen and oxygen atoms in total. The monoisotopic (exact) mass is 501 g/mol. The lowest BCUT2D eigenvalue weighted by Gasteiger charge is -2.25. The molecule has 1 atom stereocenters. The van der Waals surface area contributed by atoms with Crippen LogP contribution in [0.5, 0.6) is 11.5 Å². The van der Waals surface area contributed by atoms with Crippen LogP contribution in [-0.4, -0.2) is 48.6 Å². The number of carbonyl (C=O) groups is 2. The average molecular weight is 502 g/mol. The van der Waals surface area contributed by atoms with Crippen LogP contribution in [0, 0.1) is 0 Å². The molecule has 1 heterocycles. The molecule has 37 heavy (non-hydrogen) atoms. The molecule has 4 rings (SSSR count). The Morgan fingerprint density at radius 2 is 1.62 bits per heavy atom. The molecule has 1 aliphatic heterocycles. The molecule has 1 N–H and O–H groups in total. The summed E-state index contributed by atoms with van der Waals surface area (Å²) in [5, 5.41) is 11.3. The van der Waals surface area contributed by atoms with Gasteiger partial charge >= 0.3 is 0 Å². The molecule has 3 aromatic carbocycles. The highest BCUT2D eigenvalue weighted by atomic mass is 16.5. The fourth-order valence-electron chi connectivity index (χ4n) is 4.27. The van der Waals surface area contributed by atoms with Crippen LogP contribution >= 0.6 is 0 Å². The Labute approximate surface area is 216 Å². The molecule has 0 spiro atoms. The Hall–Kier alpha value is -4.10. The summed E-state index contributed by atoms with van der Waals surface area (Å²) in [6.07, 6.45) is 0.837. The van der Waals surface area contributed by atoms with E-state index in [9.17, 15) is 14.7 Å². The average Bonchev–Trinajstić information content (AvgIpc) is 3.19. The van der Waals surface area contributed by atoms with E-state index in [0.29, 0.717) is 35.8 Å². The Morgan fingerprint density at radius 1 is 0.892 bits per heavy atom. The number of likely N-dealkylation sites (tertiary alicyclic amines) is 1. The number of ketones is 1. The third-order valence-corrected chi connectivity index (χ3v) is 6.08. The fourth-order valence-corrected chi connectivity index (χ4v) is 4.27. The van der Waals surface area contributed by atoms with E-state index in [4.69, 9.17) is 14.2 Å². The lowest BCUT2D eigenvalue weighted by molar-refractivity contribution is -0.140. The van der Waals surface area contributed by atoms with Crippen LogP contribution in [-0.2, 0) is 20.9 Å². The number of aliphatic hydroxyl groups is 1. The molecule has 1 unspecified atom stereocenters. The number of amides is 1. The summed E-state index contributed by atoms with van der Waals surface area (Å²) in [7, 11) is 1.53. The van der Waals surface area contributed by atoms with Gasteiger partial charge in [-0.25, -0.2) is 0 Å². The minimum absolute atomic E-state index is 0.0222. The number of hydrogen-bond donors (Lipinski definition) is 1. The molecular weight excluding hydrogens is 470 g/mol. The molecule has 7 heteroatoms. The maximum Gasteiger partial charge on any atom is 0.295 e. The van der Waals surface area contributed by atoms with Crippen LogP contribution in [0.1, 0.15) is 36.1 Å². The van der Waals surface area contributed by atoms with Gasteiger partial charge in [-0.15, -0.1) is 0 Å². The van der Waals surface area contributed by atoms with Gasteiger partial charge in [0, 0.05) is 19.2 Å². The first-order valence-electron chi connectivity index (χ1n) is 12.3. The Bertz CT molecular complexity index is 1270. The highest BCUT2D eigenvalue weighted by Crippen LogP contribution is 2.40. The zero-order chi connectivity index (χ0) is 26.2. The van der Waals surface area contributed by atoms with E-state index in [0.717, 1.165) is 12.0 Å². The first-order valence-corrected chi connectivity index (χ1v) is 12.3. The number of hydrogen-bond acceptors (Lipinski definition) is 6. The third kappa shape index (κ3) is 6.01. The van der Waals surface area contributed by atoms with Crippen molar-refractivity contribution in [3.05, 3.63) is 101 Å². The van der Waals surface area contributed by atoms with Gasteiger partial charge in [-0.2, -0.15) is 0 Å². The molecule has 1 aliphatic rings. The van der Waals surface area contributed by atoms with Crippen LogP contribution < -0.4 is 9.47 Å². The van der Waals surface area contributed by atoms with Crippen molar-refractivity contribution in [1.82, 2.24) is 4.90 Å². The van der Waals surface area contributed by atoms with Crippen molar-refractivity contribution in [2.75, 3.05) is 26.9 Å². The Morgan fingerprint density at radius 3 is 2.35 bits per heavy atom. The van der Waals surface area contributed by atoms with E-state index < -0.39 is 17.7 Å². The first-order chi connectivity index (χ1) is 18.0. The van der Waals surface area contributed by atoms with E-state index in [-0.39, 0.29) is 24.5 Å². The molecule has 1 fully saturated rings. The van der Waals surface area contributed by atoms with Crippen LogP contribution in [0.15, 0.2) is 84.4 Å². The SMILES string of the molecule is CCCOc1cccc(/C(O)=C2/C(=O)C(=O)N(CCOC)C2c2cccc(OCc3ccccc3)c2)c1. The summed E-state index contributed by atoms with van der Waals surface area (Å²) in [5.74, 6) is -0.506. The highest BCUT2D eigenvalue weighted by Gasteiger charge is 2.46. The third-order valence-electron chi connectivity index (χ3n) is 6.08. The van der Waals surface area contributed by atoms with E-state index in [1.807, 2.05) is 55.5 Å². The topological polar surface area (TPSA) is 85.3 Å². The van der Waals surface area contributed by atoms with Crippen LogP contribution in [0.2, 0.25) is 0 Å². The Balaban J connectivity index is 1.72. The maximum absolute atomic E-state index is 13.2. The smallest absolute Gasteiger partial charge is 0.295 e. The number of aliphatic hydroxyl groups excluding tert-OH is 1. The predicted octanol–water partition coefficient (Wildman–Crippen LogP) is 5.12. The molecule has 0 saturated carbocycles. The van der Waals surface area contributed by atoms with E-state index >= 15 is 0 Å². The predicted molar refractivity (Wildman–Crippen MR) is 140 cm³/mol. The van der Waals surface area contributed by atoms with E-state index in [2.05, 4.69) is 0 Å². The zero-order valence-electron chi connectivity index (χ0n) is 21.1. The van der Waals surface area contributed by atoms with Gasteiger partial charge in [0.1, 0.15) is 23.9 Å². The van der Waals surface area contributed by atoms with Crippen molar-refractivity contribution < 1.29 is 28.9 Å². The standard InChI is InChI=1S/C30H31NO6/c1-3-16-36-24-13-8-12-23(19-24)28(32)26-27(31(15-17-35-2)30(34)29(26)33)22-11-7-14-25(18-22)37-20-21-9-5-4-6-10-21/h4-14,18-19,27,32H,3,15-17,20H2,1-2H3/b28-26-. The molecule has 0 aliphatic carbocycles. The largest absolute Gasteiger partial charge is 0.507 e. The van der Waals surface area contributed by atoms with Gasteiger partial charge in [0.25, 0.3) is 11.7 Å². The van der Waals surface area contributed by atoms with Gasteiger partial charge < -0.3 is 24.2 Å². The summed E-state index contributed by atoms with van der Waals surface area (Å²) in [6.45, 7) is 3.34. The fraction of sp³-hybridized carbons (Fsp3) is 0.267. The second kappa shape index (κ2) is 12.2. The van der Waals surface area contributed by atoms with Crippen LogP contribution in [0.4, 0.5) is 0 Å². The van der Waals surface area contributed by atoms with Gasteiger partial charge in [-0.05, 0) is 41.8 Å². The molecular formula is C30H31NO6. The molecule has 192 valence electrons. The second-order valence-electron chi connectivity index (χ2n) is 8.71. The minimum Gasteiger partial charge on any atom is -0.507 e. The number of rotatable bonds is 11. The van der Waals surface area contributed by atoms with Crippen molar-refractivity contribution in [3.63, 3.8) is 0 Å². The highest BCUT2D eigenvalue weighted by molar-refractivity contribution is 6.46. The molecule has 1 saturated heterocycles. The number of benzene rings is 3. The van der Waals surface area contributed by atoms with Crippen molar-refractivity contribution >= 4 is 17.4 Å². The van der Waals surface area contributed by atoms with Gasteiger partial charge in [-0.1, -0.05) is 61.5 Å². The first kappa shape index (κ1) is 26.0. The quantitative estimate of drug-likeness (QED) is 0.223. The van der Waals surface area contributed by atoms with Gasteiger partial charge in [0.05, 0.1) is 24.8 Å². The lowest BCUT2D eigenvalue weighted by atomic mass is 9.95. The molecule has 0 bridgehead atoms. The zero-order valence-corrected chi connectivity index (χ0v) is 21.1. The summed E-state index contributed by atoms with van der Waals surface area (Å²) in [6, 6.07) is 23.1. The number of methoxy groups -OCH3 is 1. The van der Waals surface area contributed by atoms with E-state index in [1.165, 1.54) is 12.0 Å². The number of ether oxygens (including phenoxy) is 3. The molecule has 1 amide bonds. The normalized spacial score (nSPS) is 16.7. The summed E-state index contributed by atoms with van der Waals surface area (Å²) in [4.78, 5) is 27.7. The number of nitrogens with zero attached hydrogens (tertiary/aromatic N) is 1. The summed E-state index contributed by atoms with van der Waals surface area (Å²) in [5.41, 5.74) is 2.10. The van der Waals surface area contributed by atoms with Gasteiger partial charge in [0.2, 0.25) is 0 Å².